The van der Waals surface area contributed by atoms with E-state index in [4.69, 9.17) is 5.11 Å². The summed E-state index contributed by atoms with van der Waals surface area (Å²) in [6, 6.07) is 6.32. The second kappa shape index (κ2) is 5.53. The van der Waals surface area contributed by atoms with Gasteiger partial charge in [0.2, 0.25) is 0 Å². The molecule has 0 saturated carbocycles. The number of hydrogen-bond acceptors (Lipinski definition) is 3. The van der Waals surface area contributed by atoms with Crippen LogP contribution in [-0.4, -0.2) is 16.1 Å². The van der Waals surface area contributed by atoms with Crippen LogP contribution in [0.4, 0.5) is 0 Å². The molecule has 0 aliphatic heterocycles. The Balaban J connectivity index is 2.33. The summed E-state index contributed by atoms with van der Waals surface area (Å²) in [5.41, 5.74) is 4.50. The Morgan fingerprint density at radius 1 is 1.32 bits per heavy atom. The number of carboxylic acid groups (broad SMARTS) is 1. The summed E-state index contributed by atoms with van der Waals surface area (Å²) in [5, 5.41) is 9.74. The summed E-state index contributed by atoms with van der Waals surface area (Å²) >= 11 is 1.60. The maximum absolute atomic E-state index is 10.6. The molecule has 3 nitrogen and oxygen atoms in total. The SMILES string of the molecule is Cc1ccc(C)c(-c2nc(C)c(CCC(=O)O)s2)c1. The second-order valence-electron chi connectivity index (χ2n) is 4.74. The van der Waals surface area contributed by atoms with Gasteiger partial charge in [-0.3, -0.25) is 4.79 Å². The molecule has 19 heavy (non-hydrogen) atoms. The molecule has 0 aliphatic rings. The van der Waals surface area contributed by atoms with Crippen molar-refractivity contribution in [3.8, 4) is 10.6 Å². The highest BCUT2D eigenvalue weighted by atomic mass is 32.1. The number of carboxylic acids is 1. The van der Waals surface area contributed by atoms with Crippen LogP contribution in [-0.2, 0) is 11.2 Å². The molecule has 100 valence electrons. The van der Waals surface area contributed by atoms with Gasteiger partial charge in [-0.15, -0.1) is 11.3 Å². The molecule has 0 radical (unpaired) electrons. The molecule has 1 heterocycles. The molecule has 1 aromatic heterocycles. The second-order valence-corrected chi connectivity index (χ2v) is 5.82. The van der Waals surface area contributed by atoms with E-state index >= 15 is 0 Å². The lowest BCUT2D eigenvalue weighted by molar-refractivity contribution is -0.136. The number of thiazole rings is 1. The van der Waals surface area contributed by atoms with Gasteiger partial charge in [-0.1, -0.05) is 17.7 Å². The summed E-state index contributed by atoms with van der Waals surface area (Å²) < 4.78 is 0. The van der Waals surface area contributed by atoms with Crippen molar-refractivity contribution in [2.24, 2.45) is 0 Å². The zero-order valence-electron chi connectivity index (χ0n) is 11.4. The Kier molecular flexibility index (Phi) is 4.00. The smallest absolute Gasteiger partial charge is 0.303 e. The lowest BCUT2D eigenvalue weighted by Gasteiger charge is -2.03. The first-order chi connectivity index (χ1) is 8.97. The van der Waals surface area contributed by atoms with Gasteiger partial charge in [0.05, 0.1) is 12.1 Å². The van der Waals surface area contributed by atoms with Crippen molar-refractivity contribution in [2.45, 2.75) is 33.6 Å². The number of rotatable bonds is 4. The largest absolute Gasteiger partial charge is 0.481 e. The van der Waals surface area contributed by atoms with Crippen LogP contribution in [0.3, 0.4) is 0 Å². The van der Waals surface area contributed by atoms with Gasteiger partial charge in [-0.25, -0.2) is 4.98 Å². The van der Waals surface area contributed by atoms with E-state index in [1.165, 1.54) is 11.1 Å². The van der Waals surface area contributed by atoms with Gasteiger partial charge in [-0.2, -0.15) is 0 Å². The maximum atomic E-state index is 10.6. The molecule has 2 aromatic rings. The molecule has 0 amide bonds. The van der Waals surface area contributed by atoms with Crippen LogP contribution < -0.4 is 0 Å². The van der Waals surface area contributed by atoms with Gasteiger partial charge >= 0.3 is 5.97 Å². The lowest BCUT2D eigenvalue weighted by Crippen LogP contribution is -1.96. The first kappa shape index (κ1) is 13.7. The molecule has 4 heteroatoms. The highest BCUT2D eigenvalue weighted by Crippen LogP contribution is 2.31. The average molecular weight is 275 g/mol. The van der Waals surface area contributed by atoms with E-state index in [1.54, 1.807) is 11.3 Å². The summed E-state index contributed by atoms with van der Waals surface area (Å²) in [4.78, 5) is 16.3. The van der Waals surface area contributed by atoms with Crippen LogP contribution in [0.5, 0.6) is 0 Å². The predicted octanol–water partition coefficient (Wildman–Crippen LogP) is 3.75. The van der Waals surface area contributed by atoms with Crippen LogP contribution in [0.1, 0.15) is 28.1 Å². The summed E-state index contributed by atoms with van der Waals surface area (Å²) in [6.45, 7) is 6.08. The third kappa shape index (κ3) is 3.20. The number of hydrogen-bond donors (Lipinski definition) is 1. The van der Waals surface area contributed by atoms with Gasteiger partial charge in [0, 0.05) is 10.4 Å². The van der Waals surface area contributed by atoms with Crippen molar-refractivity contribution >= 4 is 17.3 Å². The van der Waals surface area contributed by atoms with E-state index < -0.39 is 5.97 Å². The standard InChI is InChI=1S/C15H17NO2S/c1-9-4-5-10(2)12(8-9)15-16-11(3)13(19-15)6-7-14(17)18/h4-5,8H,6-7H2,1-3H3,(H,17,18). The third-order valence-corrected chi connectivity index (χ3v) is 4.33. The van der Waals surface area contributed by atoms with Crippen molar-refractivity contribution in [3.05, 3.63) is 39.9 Å². The van der Waals surface area contributed by atoms with Crippen LogP contribution in [0.2, 0.25) is 0 Å². The van der Waals surface area contributed by atoms with E-state index in [9.17, 15) is 4.79 Å². The van der Waals surface area contributed by atoms with Crippen molar-refractivity contribution in [3.63, 3.8) is 0 Å². The summed E-state index contributed by atoms with van der Waals surface area (Å²) in [5.74, 6) is -0.763. The highest BCUT2D eigenvalue weighted by molar-refractivity contribution is 7.15. The zero-order valence-corrected chi connectivity index (χ0v) is 12.2. The monoisotopic (exact) mass is 275 g/mol. The van der Waals surface area contributed by atoms with E-state index in [0.717, 1.165) is 21.1 Å². The van der Waals surface area contributed by atoms with Crippen LogP contribution >= 0.6 is 11.3 Å². The molecule has 0 saturated heterocycles. The van der Waals surface area contributed by atoms with Crippen LogP contribution in [0, 0.1) is 20.8 Å². The Bertz CT molecular complexity index is 617. The van der Waals surface area contributed by atoms with Gasteiger partial charge in [0.1, 0.15) is 5.01 Å². The highest BCUT2D eigenvalue weighted by Gasteiger charge is 2.12. The minimum Gasteiger partial charge on any atom is -0.481 e. The minimum absolute atomic E-state index is 0.162. The molecule has 0 spiro atoms. The molecule has 2 rings (SSSR count). The molecular weight excluding hydrogens is 258 g/mol. The molecule has 0 aliphatic carbocycles. The molecule has 0 unspecified atom stereocenters. The minimum atomic E-state index is -0.763. The predicted molar refractivity (Wildman–Crippen MR) is 77.7 cm³/mol. The molecule has 0 atom stereocenters. The van der Waals surface area contributed by atoms with Crippen LogP contribution in [0.15, 0.2) is 18.2 Å². The fraction of sp³-hybridized carbons (Fsp3) is 0.333. The van der Waals surface area contributed by atoms with E-state index in [2.05, 4.69) is 37.0 Å². The third-order valence-electron chi connectivity index (χ3n) is 3.08. The molecule has 1 aromatic carbocycles. The van der Waals surface area contributed by atoms with Crippen LogP contribution in [0.25, 0.3) is 10.6 Å². The first-order valence-electron chi connectivity index (χ1n) is 6.23. The number of carbonyl (C=O) groups is 1. The lowest BCUT2D eigenvalue weighted by atomic mass is 10.1. The number of aromatic nitrogens is 1. The van der Waals surface area contributed by atoms with Gasteiger partial charge in [0.15, 0.2) is 0 Å². The van der Waals surface area contributed by atoms with E-state index in [0.29, 0.717) is 6.42 Å². The molecule has 0 bridgehead atoms. The average Bonchev–Trinajstić information content (AvgIpc) is 2.71. The normalized spacial score (nSPS) is 10.7. The van der Waals surface area contributed by atoms with Crippen molar-refractivity contribution in [1.82, 2.24) is 4.98 Å². The zero-order chi connectivity index (χ0) is 14.0. The van der Waals surface area contributed by atoms with E-state index in [-0.39, 0.29) is 6.42 Å². The van der Waals surface area contributed by atoms with Crippen molar-refractivity contribution in [2.75, 3.05) is 0 Å². The van der Waals surface area contributed by atoms with Gasteiger partial charge in [-0.05, 0) is 38.8 Å². The Morgan fingerprint density at radius 2 is 2.05 bits per heavy atom. The topological polar surface area (TPSA) is 50.2 Å². The van der Waals surface area contributed by atoms with Gasteiger partial charge < -0.3 is 5.11 Å². The Hall–Kier alpha value is -1.68. The Labute approximate surface area is 116 Å². The number of benzene rings is 1. The Morgan fingerprint density at radius 3 is 2.74 bits per heavy atom. The molecule has 1 N–H and O–H groups in total. The maximum Gasteiger partial charge on any atom is 0.303 e. The fourth-order valence-corrected chi connectivity index (χ4v) is 3.11. The van der Waals surface area contributed by atoms with Gasteiger partial charge in [0.25, 0.3) is 0 Å². The fourth-order valence-electron chi connectivity index (χ4n) is 1.96. The number of aryl methyl sites for hydroxylation is 4. The molecular formula is C15H17NO2S. The number of aliphatic carboxylic acids is 1. The molecule has 0 fully saturated rings. The first-order valence-corrected chi connectivity index (χ1v) is 7.04. The van der Waals surface area contributed by atoms with Crippen molar-refractivity contribution < 1.29 is 9.90 Å². The quantitative estimate of drug-likeness (QED) is 0.924. The van der Waals surface area contributed by atoms with E-state index in [1.807, 2.05) is 6.92 Å². The summed E-state index contributed by atoms with van der Waals surface area (Å²) in [7, 11) is 0. The van der Waals surface area contributed by atoms with Crippen molar-refractivity contribution in [1.29, 1.82) is 0 Å². The summed E-state index contributed by atoms with van der Waals surface area (Å²) in [6.07, 6.45) is 0.721. The number of nitrogens with zero attached hydrogens (tertiary/aromatic N) is 1.